The average Bonchev–Trinajstić information content (AvgIpc) is 2.63. The van der Waals surface area contributed by atoms with Crippen LogP contribution in [0.25, 0.3) is 0 Å². The summed E-state index contributed by atoms with van der Waals surface area (Å²) in [5, 5.41) is 3.14. The number of aromatic nitrogens is 2. The van der Waals surface area contributed by atoms with E-state index in [2.05, 4.69) is 20.3 Å². The maximum atomic E-state index is 14.4. The van der Waals surface area contributed by atoms with Gasteiger partial charge in [-0.15, -0.1) is 0 Å². The number of ether oxygens (including phenoxy) is 1. The van der Waals surface area contributed by atoms with Crippen molar-refractivity contribution in [3.8, 4) is 5.88 Å². The second kappa shape index (κ2) is 7.28. The molecule has 7 nitrogen and oxygen atoms in total. The number of halogens is 1. The Bertz CT molecular complexity index is 859. The third-order valence-corrected chi connectivity index (χ3v) is 5.26. The minimum atomic E-state index is -0.545. The van der Waals surface area contributed by atoms with Crippen LogP contribution in [0.15, 0.2) is 35.6 Å². The van der Waals surface area contributed by atoms with Crippen LogP contribution in [-0.2, 0) is 4.75 Å². The van der Waals surface area contributed by atoms with E-state index in [0.717, 1.165) is 0 Å². The van der Waals surface area contributed by atoms with Gasteiger partial charge in [-0.1, -0.05) is 11.8 Å². The lowest BCUT2D eigenvalue weighted by atomic mass is 9.95. The normalized spacial score (nSPS) is 19.6. The molecule has 1 aliphatic rings. The predicted molar refractivity (Wildman–Crippen MR) is 99.0 cm³/mol. The smallest absolute Gasteiger partial charge is 0.275 e. The molecule has 3 N–H and O–H groups in total. The summed E-state index contributed by atoms with van der Waals surface area (Å²) in [5.41, 5.74) is 6.88. The van der Waals surface area contributed by atoms with Crippen molar-refractivity contribution in [3.63, 3.8) is 0 Å². The zero-order valence-corrected chi connectivity index (χ0v) is 15.1. The molecule has 1 amide bonds. The van der Waals surface area contributed by atoms with Gasteiger partial charge < -0.3 is 15.8 Å². The van der Waals surface area contributed by atoms with Crippen LogP contribution in [0, 0.1) is 5.82 Å². The van der Waals surface area contributed by atoms with E-state index in [0.29, 0.717) is 35.3 Å². The van der Waals surface area contributed by atoms with E-state index in [1.165, 1.54) is 43.4 Å². The van der Waals surface area contributed by atoms with Gasteiger partial charge in [0, 0.05) is 17.8 Å². The molecule has 0 bridgehead atoms. The molecule has 26 heavy (non-hydrogen) atoms. The number of amidine groups is 1. The molecule has 0 spiro atoms. The molecule has 0 unspecified atom stereocenters. The van der Waals surface area contributed by atoms with Crippen molar-refractivity contribution < 1.29 is 13.9 Å². The number of amides is 1. The molecule has 0 aliphatic carbocycles. The van der Waals surface area contributed by atoms with Crippen molar-refractivity contribution in [1.29, 1.82) is 0 Å². The Morgan fingerprint density at radius 3 is 2.85 bits per heavy atom. The number of nitrogens with zero attached hydrogens (tertiary/aromatic N) is 3. The van der Waals surface area contributed by atoms with E-state index in [1.54, 1.807) is 6.07 Å². The second-order valence-corrected chi connectivity index (χ2v) is 7.42. The standard InChI is InChI=1S/C17H18FN5O2S/c1-17(5-6-20-16(19)26-17)11-7-10(3-4-12(11)18)23-15(24)13-8-22-14(25-2)9-21-13/h3-4,7-9H,5-6H2,1-2H3,(H2,19,20)(H,23,24)/t17-/m0/s1. The Morgan fingerprint density at radius 1 is 1.38 bits per heavy atom. The average molecular weight is 375 g/mol. The summed E-state index contributed by atoms with van der Waals surface area (Å²) in [6.07, 6.45) is 3.32. The van der Waals surface area contributed by atoms with E-state index in [1.807, 2.05) is 6.92 Å². The molecule has 2 heterocycles. The van der Waals surface area contributed by atoms with Crippen molar-refractivity contribution in [3.05, 3.63) is 47.7 Å². The number of benzene rings is 1. The maximum Gasteiger partial charge on any atom is 0.275 e. The third-order valence-electron chi connectivity index (χ3n) is 4.05. The summed E-state index contributed by atoms with van der Waals surface area (Å²) < 4.78 is 18.8. The molecule has 1 aliphatic heterocycles. The van der Waals surface area contributed by atoms with Gasteiger partial charge in [-0.3, -0.25) is 9.79 Å². The summed E-state index contributed by atoms with van der Waals surface area (Å²) in [5.74, 6) is -0.482. The highest BCUT2D eigenvalue weighted by Crippen LogP contribution is 2.43. The molecule has 0 saturated carbocycles. The largest absolute Gasteiger partial charge is 0.480 e. The van der Waals surface area contributed by atoms with Crippen molar-refractivity contribution in [1.82, 2.24) is 9.97 Å². The van der Waals surface area contributed by atoms with Crippen LogP contribution in [0.3, 0.4) is 0 Å². The first kappa shape index (κ1) is 18.1. The van der Waals surface area contributed by atoms with Crippen LogP contribution in [0.4, 0.5) is 10.1 Å². The van der Waals surface area contributed by atoms with Gasteiger partial charge in [0.05, 0.1) is 24.3 Å². The van der Waals surface area contributed by atoms with Crippen molar-refractivity contribution in [2.75, 3.05) is 19.0 Å². The number of rotatable bonds is 4. The number of nitrogens with one attached hydrogen (secondary N) is 1. The summed E-state index contributed by atoms with van der Waals surface area (Å²) in [7, 11) is 1.46. The highest BCUT2D eigenvalue weighted by Gasteiger charge is 2.34. The monoisotopic (exact) mass is 375 g/mol. The Labute approximate surface area is 154 Å². The third kappa shape index (κ3) is 3.77. The van der Waals surface area contributed by atoms with Crippen LogP contribution in [0.2, 0.25) is 0 Å². The number of carbonyl (C=O) groups is 1. The fourth-order valence-electron chi connectivity index (χ4n) is 2.63. The van der Waals surface area contributed by atoms with E-state index in [9.17, 15) is 9.18 Å². The lowest BCUT2D eigenvalue weighted by molar-refractivity contribution is 0.102. The van der Waals surface area contributed by atoms with Gasteiger partial charge in [0.2, 0.25) is 5.88 Å². The van der Waals surface area contributed by atoms with Gasteiger partial charge in [0.15, 0.2) is 5.17 Å². The van der Waals surface area contributed by atoms with Crippen LogP contribution < -0.4 is 15.8 Å². The molecule has 136 valence electrons. The summed E-state index contributed by atoms with van der Waals surface area (Å²) in [6.45, 7) is 2.45. The number of methoxy groups -OCH3 is 1. The fraction of sp³-hybridized carbons (Fsp3) is 0.294. The molecule has 1 aromatic heterocycles. The fourth-order valence-corrected chi connectivity index (χ4v) is 3.70. The molecule has 1 atom stereocenters. The Morgan fingerprint density at radius 2 is 2.19 bits per heavy atom. The molecule has 0 fully saturated rings. The van der Waals surface area contributed by atoms with Crippen LogP contribution in [0.1, 0.15) is 29.4 Å². The van der Waals surface area contributed by atoms with Crippen LogP contribution in [0.5, 0.6) is 5.88 Å². The number of hydrogen-bond donors (Lipinski definition) is 2. The number of aliphatic imine (C=N–C) groups is 1. The Kier molecular flexibility index (Phi) is 5.08. The Balaban J connectivity index is 1.83. The van der Waals surface area contributed by atoms with Gasteiger partial charge in [-0.05, 0) is 31.5 Å². The minimum absolute atomic E-state index is 0.131. The number of hydrogen-bond acceptors (Lipinski definition) is 7. The first-order chi connectivity index (χ1) is 12.4. The summed E-state index contributed by atoms with van der Waals surface area (Å²) in [4.78, 5) is 24.4. The topological polar surface area (TPSA) is 102 Å². The number of anilines is 1. The first-order valence-corrected chi connectivity index (χ1v) is 8.69. The molecular weight excluding hydrogens is 357 g/mol. The molecule has 0 radical (unpaired) electrons. The van der Waals surface area contributed by atoms with Gasteiger partial charge in [-0.25, -0.2) is 14.4 Å². The first-order valence-electron chi connectivity index (χ1n) is 7.87. The van der Waals surface area contributed by atoms with Crippen molar-refractivity contribution in [2.24, 2.45) is 10.7 Å². The highest BCUT2D eigenvalue weighted by molar-refractivity contribution is 8.14. The van der Waals surface area contributed by atoms with E-state index >= 15 is 0 Å². The van der Waals surface area contributed by atoms with Gasteiger partial charge in [-0.2, -0.15) is 0 Å². The summed E-state index contributed by atoms with van der Waals surface area (Å²) >= 11 is 1.32. The Hall–Kier alpha value is -2.68. The molecule has 0 saturated heterocycles. The second-order valence-electron chi connectivity index (χ2n) is 5.90. The molecular formula is C17H18FN5O2S. The quantitative estimate of drug-likeness (QED) is 0.851. The van der Waals surface area contributed by atoms with E-state index in [4.69, 9.17) is 10.5 Å². The SMILES string of the molecule is COc1cnc(C(=O)Nc2ccc(F)c([C@]3(C)CCN=C(N)S3)c2)cn1. The van der Waals surface area contributed by atoms with Gasteiger partial charge in [0.25, 0.3) is 5.91 Å². The lowest BCUT2D eigenvalue weighted by Crippen LogP contribution is -2.29. The highest BCUT2D eigenvalue weighted by atomic mass is 32.2. The van der Waals surface area contributed by atoms with Crippen LogP contribution in [-0.4, -0.2) is 34.7 Å². The zero-order valence-electron chi connectivity index (χ0n) is 14.3. The van der Waals surface area contributed by atoms with Crippen molar-refractivity contribution >= 4 is 28.5 Å². The van der Waals surface area contributed by atoms with Gasteiger partial charge >= 0.3 is 0 Å². The minimum Gasteiger partial charge on any atom is -0.480 e. The summed E-state index contributed by atoms with van der Waals surface area (Å²) in [6, 6.07) is 4.45. The number of thioether (sulfide) groups is 1. The molecule has 3 rings (SSSR count). The lowest BCUT2D eigenvalue weighted by Gasteiger charge is -2.32. The number of nitrogens with two attached hydrogens (primary N) is 1. The van der Waals surface area contributed by atoms with E-state index < -0.39 is 10.7 Å². The maximum absolute atomic E-state index is 14.4. The van der Waals surface area contributed by atoms with Crippen molar-refractivity contribution in [2.45, 2.75) is 18.1 Å². The van der Waals surface area contributed by atoms with Gasteiger partial charge in [0.1, 0.15) is 11.5 Å². The van der Waals surface area contributed by atoms with E-state index in [-0.39, 0.29) is 11.5 Å². The molecule has 9 heteroatoms. The zero-order chi connectivity index (χ0) is 18.7. The number of carbonyl (C=O) groups excluding carboxylic acids is 1. The molecule has 2 aromatic rings. The molecule has 1 aromatic carbocycles. The van der Waals surface area contributed by atoms with Crippen LogP contribution >= 0.6 is 11.8 Å². The predicted octanol–water partition coefficient (Wildman–Crippen LogP) is 2.54.